The van der Waals surface area contributed by atoms with Gasteiger partial charge in [0.25, 0.3) is 0 Å². The Hall–Kier alpha value is -1.14. The first kappa shape index (κ1) is 15.3. The van der Waals surface area contributed by atoms with Crippen LogP contribution in [-0.2, 0) is 0 Å². The van der Waals surface area contributed by atoms with Crippen LogP contribution in [0.25, 0.3) is 0 Å². The molecule has 1 fully saturated rings. The molecule has 3 nitrogen and oxygen atoms in total. The van der Waals surface area contributed by atoms with E-state index in [4.69, 9.17) is 0 Å². The highest BCUT2D eigenvalue weighted by Gasteiger charge is 2.32. The molecule has 2 rings (SSSR count). The van der Waals surface area contributed by atoms with Crippen molar-refractivity contribution in [2.45, 2.75) is 38.0 Å². The number of rotatable bonds is 4. The summed E-state index contributed by atoms with van der Waals surface area (Å²) in [5, 5.41) is 3.47. The number of nitrogens with zero attached hydrogens (tertiary/aromatic N) is 2. The van der Waals surface area contributed by atoms with Crippen LogP contribution in [0.5, 0.6) is 0 Å². The van der Waals surface area contributed by atoms with Gasteiger partial charge in [-0.1, -0.05) is 6.07 Å². The monoisotopic (exact) mass is 287 g/mol. The molecule has 0 radical (unpaired) electrons. The summed E-state index contributed by atoms with van der Waals surface area (Å²) in [4.78, 5) is 5.56. The predicted molar refractivity (Wildman–Crippen MR) is 71.3 cm³/mol. The number of pyridine rings is 1. The van der Waals surface area contributed by atoms with Crippen LogP contribution < -0.4 is 5.32 Å². The van der Waals surface area contributed by atoms with Crippen molar-refractivity contribution in [3.05, 3.63) is 30.1 Å². The smallest absolute Gasteiger partial charge is 0.307 e. The predicted octanol–water partition coefficient (Wildman–Crippen LogP) is 2.76. The Bertz CT molecular complexity index is 400. The number of hydrogen-bond acceptors (Lipinski definition) is 3. The maximum atomic E-state index is 12.3. The summed E-state index contributed by atoms with van der Waals surface area (Å²) < 4.78 is 36.9. The van der Waals surface area contributed by atoms with E-state index in [1.165, 1.54) is 4.90 Å². The van der Waals surface area contributed by atoms with Crippen molar-refractivity contribution in [1.29, 1.82) is 0 Å². The first-order valence-electron chi connectivity index (χ1n) is 6.89. The summed E-state index contributed by atoms with van der Waals surface area (Å²) in [6.07, 6.45) is 0.951. The van der Waals surface area contributed by atoms with Crippen LogP contribution in [0, 0.1) is 0 Å². The lowest BCUT2D eigenvalue weighted by molar-refractivity contribution is -0.148. The highest BCUT2D eigenvalue weighted by atomic mass is 19.4. The maximum Gasteiger partial charge on any atom is 0.401 e. The number of aromatic nitrogens is 1. The van der Waals surface area contributed by atoms with E-state index in [0.29, 0.717) is 13.1 Å². The van der Waals surface area contributed by atoms with Crippen LogP contribution in [0.4, 0.5) is 13.2 Å². The second-order valence-electron chi connectivity index (χ2n) is 5.34. The molecule has 1 saturated heterocycles. The minimum Gasteiger partial charge on any atom is -0.307 e. The van der Waals surface area contributed by atoms with Gasteiger partial charge in [0.05, 0.1) is 6.54 Å². The molecule has 1 N–H and O–H groups in total. The van der Waals surface area contributed by atoms with Crippen molar-refractivity contribution >= 4 is 0 Å². The standard InChI is InChI=1S/C14H20F3N3/c1-11(12-3-2-6-18-9-12)19-13-4-7-20(8-5-13)10-14(15,16)17/h2-3,6,9,11,13,19H,4-5,7-8,10H2,1H3/t11-/m1/s1. The molecule has 20 heavy (non-hydrogen) atoms. The third kappa shape index (κ3) is 4.76. The van der Waals surface area contributed by atoms with Crippen LogP contribution in [0.2, 0.25) is 0 Å². The molecular formula is C14H20F3N3. The third-order valence-corrected chi connectivity index (χ3v) is 3.66. The number of hydrogen-bond donors (Lipinski definition) is 1. The van der Waals surface area contributed by atoms with Crippen LogP contribution in [0.1, 0.15) is 31.4 Å². The molecular weight excluding hydrogens is 267 g/mol. The zero-order valence-electron chi connectivity index (χ0n) is 11.5. The fourth-order valence-corrected chi connectivity index (χ4v) is 2.59. The Labute approximate surface area is 117 Å². The highest BCUT2D eigenvalue weighted by Crippen LogP contribution is 2.21. The van der Waals surface area contributed by atoms with Gasteiger partial charge >= 0.3 is 6.18 Å². The minimum absolute atomic E-state index is 0.169. The van der Waals surface area contributed by atoms with Crippen LogP contribution in [-0.4, -0.2) is 41.7 Å². The molecule has 0 amide bonds. The lowest BCUT2D eigenvalue weighted by atomic mass is 10.0. The van der Waals surface area contributed by atoms with E-state index in [1.807, 2.05) is 18.3 Å². The fraction of sp³-hybridized carbons (Fsp3) is 0.643. The van der Waals surface area contributed by atoms with Crippen molar-refractivity contribution in [2.24, 2.45) is 0 Å². The van der Waals surface area contributed by atoms with Gasteiger partial charge in [0.2, 0.25) is 0 Å². The van der Waals surface area contributed by atoms with Crippen LogP contribution in [0.15, 0.2) is 24.5 Å². The Balaban J connectivity index is 1.77. The normalized spacial score (nSPS) is 20.0. The van der Waals surface area contributed by atoms with E-state index in [2.05, 4.69) is 17.2 Å². The molecule has 1 aliphatic heterocycles. The lowest BCUT2D eigenvalue weighted by Crippen LogP contribution is -2.46. The van der Waals surface area contributed by atoms with E-state index in [1.54, 1.807) is 6.20 Å². The fourth-order valence-electron chi connectivity index (χ4n) is 2.59. The molecule has 0 aromatic carbocycles. The Morgan fingerprint density at radius 1 is 1.40 bits per heavy atom. The lowest BCUT2D eigenvalue weighted by Gasteiger charge is -2.34. The molecule has 0 aliphatic carbocycles. The van der Waals surface area contributed by atoms with Gasteiger partial charge in [0, 0.05) is 24.5 Å². The topological polar surface area (TPSA) is 28.2 Å². The number of halogens is 3. The number of piperidine rings is 1. The van der Waals surface area contributed by atoms with Crippen LogP contribution in [0.3, 0.4) is 0 Å². The summed E-state index contributed by atoms with van der Waals surface area (Å²) in [6.45, 7) is 2.25. The van der Waals surface area contributed by atoms with Crippen LogP contribution >= 0.6 is 0 Å². The van der Waals surface area contributed by atoms with Crippen molar-refractivity contribution in [1.82, 2.24) is 15.2 Å². The number of nitrogens with one attached hydrogen (secondary N) is 1. The molecule has 1 atom stereocenters. The second kappa shape index (κ2) is 6.54. The molecule has 0 bridgehead atoms. The molecule has 6 heteroatoms. The molecule has 1 aliphatic rings. The van der Waals surface area contributed by atoms with E-state index < -0.39 is 12.7 Å². The first-order valence-corrected chi connectivity index (χ1v) is 6.89. The summed E-state index contributed by atoms with van der Waals surface area (Å²) in [5.74, 6) is 0. The van der Waals surface area contributed by atoms with Gasteiger partial charge in [-0.2, -0.15) is 13.2 Å². The molecule has 0 unspecified atom stereocenters. The molecule has 1 aromatic heterocycles. The Morgan fingerprint density at radius 2 is 2.10 bits per heavy atom. The van der Waals surface area contributed by atoms with Gasteiger partial charge < -0.3 is 5.32 Å². The summed E-state index contributed by atoms with van der Waals surface area (Å²) in [7, 11) is 0. The van der Waals surface area contributed by atoms with Gasteiger partial charge in [-0.05, 0) is 44.5 Å². The van der Waals surface area contributed by atoms with Crippen molar-refractivity contribution in [3.8, 4) is 0 Å². The molecule has 112 valence electrons. The highest BCUT2D eigenvalue weighted by molar-refractivity contribution is 5.13. The van der Waals surface area contributed by atoms with Gasteiger partial charge in [0.1, 0.15) is 0 Å². The molecule has 0 saturated carbocycles. The largest absolute Gasteiger partial charge is 0.401 e. The van der Waals surface area contributed by atoms with E-state index in [-0.39, 0.29) is 12.1 Å². The van der Waals surface area contributed by atoms with E-state index >= 15 is 0 Å². The zero-order valence-corrected chi connectivity index (χ0v) is 11.5. The quantitative estimate of drug-likeness (QED) is 0.923. The summed E-state index contributed by atoms with van der Waals surface area (Å²) in [6, 6.07) is 4.33. The van der Waals surface area contributed by atoms with Crippen molar-refractivity contribution in [2.75, 3.05) is 19.6 Å². The Morgan fingerprint density at radius 3 is 2.65 bits per heavy atom. The Kier molecular flexibility index (Phi) is 4.99. The van der Waals surface area contributed by atoms with Crippen molar-refractivity contribution in [3.63, 3.8) is 0 Å². The summed E-state index contributed by atoms with van der Waals surface area (Å²) >= 11 is 0. The van der Waals surface area contributed by atoms with Crippen molar-refractivity contribution < 1.29 is 13.2 Å². The average molecular weight is 287 g/mol. The third-order valence-electron chi connectivity index (χ3n) is 3.66. The maximum absolute atomic E-state index is 12.3. The minimum atomic E-state index is -4.09. The van der Waals surface area contributed by atoms with Gasteiger partial charge in [0.15, 0.2) is 0 Å². The first-order chi connectivity index (χ1) is 9.44. The molecule has 0 spiro atoms. The zero-order chi connectivity index (χ0) is 14.6. The second-order valence-corrected chi connectivity index (χ2v) is 5.34. The molecule has 1 aromatic rings. The number of likely N-dealkylation sites (tertiary alicyclic amines) is 1. The van der Waals surface area contributed by atoms with E-state index in [0.717, 1.165) is 18.4 Å². The van der Waals surface area contributed by atoms with Gasteiger partial charge in [-0.25, -0.2) is 0 Å². The van der Waals surface area contributed by atoms with Gasteiger partial charge in [-0.15, -0.1) is 0 Å². The molecule has 2 heterocycles. The van der Waals surface area contributed by atoms with Gasteiger partial charge in [-0.3, -0.25) is 9.88 Å². The SMILES string of the molecule is C[C@@H](NC1CCN(CC(F)(F)F)CC1)c1cccnc1. The average Bonchev–Trinajstić information content (AvgIpc) is 2.40. The van der Waals surface area contributed by atoms with E-state index in [9.17, 15) is 13.2 Å². The summed E-state index contributed by atoms with van der Waals surface area (Å²) in [5.41, 5.74) is 1.10. The number of alkyl halides is 3.